The van der Waals surface area contributed by atoms with E-state index in [0.717, 1.165) is 55.9 Å². The minimum absolute atomic E-state index is 0.106. The minimum atomic E-state index is -0.366. The molecule has 2 amide bonds. The van der Waals surface area contributed by atoms with Gasteiger partial charge in [-0.15, -0.1) is 0 Å². The Hall–Kier alpha value is -2.64. The van der Waals surface area contributed by atoms with Crippen molar-refractivity contribution in [1.29, 1.82) is 0 Å². The van der Waals surface area contributed by atoms with Crippen LogP contribution in [0.15, 0.2) is 18.7 Å². The lowest BCUT2D eigenvalue weighted by Crippen LogP contribution is -2.59. The number of nitrogens with one attached hydrogen (secondary N) is 1. The molecule has 4 heterocycles. The summed E-state index contributed by atoms with van der Waals surface area (Å²) in [4.78, 5) is 41.9. The summed E-state index contributed by atoms with van der Waals surface area (Å²) in [5.74, 6) is 1.43. The van der Waals surface area contributed by atoms with Crippen molar-refractivity contribution < 1.29 is 9.59 Å². The van der Waals surface area contributed by atoms with Crippen LogP contribution in [-0.2, 0) is 28.1 Å². The highest BCUT2D eigenvalue weighted by Gasteiger charge is 2.51. The van der Waals surface area contributed by atoms with E-state index in [0.29, 0.717) is 19.6 Å². The highest BCUT2D eigenvalue weighted by atomic mass is 16.2. The zero-order chi connectivity index (χ0) is 19.3. The molecule has 1 aliphatic carbocycles. The van der Waals surface area contributed by atoms with E-state index in [2.05, 4.69) is 19.9 Å². The average Bonchev–Trinajstić information content (AvgIpc) is 3.31. The number of fused-ring (bicyclic) bond motifs is 2. The van der Waals surface area contributed by atoms with E-state index in [1.165, 1.54) is 0 Å². The molecular formula is C20H26N6O2. The molecule has 2 aliphatic heterocycles. The summed E-state index contributed by atoms with van der Waals surface area (Å²) >= 11 is 0. The molecule has 2 aromatic heterocycles. The molecule has 2 aromatic rings. The number of aryl methyl sites for hydroxylation is 1. The van der Waals surface area contributed by atoms with E-state index < -0.39 is 0 Å². The first-order chi connectivity index (χ1) is 13.6. The van der Waals surface area contributed by atoms with Crippen LogP contribution >= 0.6 is 0 Å². The highest BCUT2D eigenvalue weighted by Crippen LogP contribution is 2.45. The molecule has 1 saturated carbocycles. The molecule has 8 heteroatoms. The Morgan fingerprint density at radius 3 is 2.68 bits per heavy atom. The second kappa shape index (κ2) is 6.46. The second-order valence-electron chi connectivity index (χ2n) is 8.26. The van der Waals surface area contributed by atoms with Gasteiger partial charge in [0.15, 0.2) is 0 Å². The van der Waals surface area contributed by atoms with E-state index in [9.17, 15) is 9.59 Å². The number of imidazole rings is 2. The minimum Gasteiger partial charge on any atom is -0.348 e. The topological polar surface area (TPSA) is 87.1 Å². The summed E-state index contributed by atoms with van der Waals surface area (Å²) < 4.78 is 1.88. The van der Waals surface area contributed by atoms with E-state index in [4.69, 9.17) is 0 Å². The van der Waals surface area contributed by atoms with Gasteiger partial charge in [-0.05, 0) is 32.6 Å². The summed E-state index contributed by atoms with van der Waals surface area (Å²) in [6, 6.07) is 0. The molecular weight excluding hydrogens is 356 g/mol. The number of aromatic nitrogens is 4. The van der Waals surface area contributed by atoms with Crippen molar-refractivity contribution in [2.24, 2.45) is 5.92 Å². The van der Waals surface area contributed by atoms with Gasteiger partial charge < -0.3 is 19.4 Å². The number of H-pyrrole nitrogens is 1. The third-order valence-corrected chi connectivity index (χ3v) is 6.63. The van der Waals surface area contributed by atoms with E-state index in [1.807, 2.05) is 22.6 Å². The Labute approximate surface area is 163 Å². The molecule has 1 N–H and O–H groups in total. The SMILES string of the molecule is Cc1nccn1CC(=O)N1CCC2(CC1)c1nc[nH]c1CCN2C(=O)C1CC1. The van der Waals surface area contributed by atoms with Crippen LogP contribution in [0.2, 0.25) is 0 Å². The van der Waals surface area contributed by atoms with Crippen LogP contribution in [0.25, 0.3) is 0 Å². The fourth-order valence-corrected chi connectivity index (χ4v) is 4.80. The number of rotatable bonds is 3. The average molecular weight is 382 g/mol. The number of hydrogen-bond acceptors (Lipinski definition) is 4. The summed E-state index contributed by atoms with van der Waals surface area (Å²) in [5, 5.41) is 0. The molecule has 3 aliphatic rings. The van der Waals surface area contributed by atoms with E-state index >= 15 is 0 Å². The maximum absolute atomic E-state index is 13.0. The molecule has 0 unspecified atom stereocenters. The molecule has 0 atom stereocenters. The van der Waals surface area contributed by atoms with E-state index in [1.54, 1.807) is 12.5 Å². The van der Waals surface area contributed by atoms with Crippen LogP contribution in [-0.4, -0.2) is 60.8 Å². The van der Waals surface area contributed by atoms with E-state index in [-0.39, 0.29) is 23.3 Å². The predicted molar refractivity (Wildman–Crippen MR) is 101 cm³/mol. The van der Waals surface area contributed by atoms with Crippen LogP contribution in [0.5, 0.6) is 0 Å². The zero-order valence-electron chi connectivity index (χ0n) is 16.2. The number of likely N-dealkylation sites (tertiary alicyclic amines) is 1. The van der Waals surface area contributed by atoms with Crippen LogP contribution in [0.3, 0.4) is 0 Å². The quantitative estimate of drug-likeness (QED) is 0.865. The Morgan fingerprint density at radius 1 is 1.21 bits per heavy atom. The Bertz CT molecular complexity index is 903. The standard InChI is InChI=1S/C20H26N6O2/c1-14-21-7-11-25(14)12-17(27)24-9-5-20(6-10-24)18-16(22-13-23-18)4-8-26(20)19(28)15-2-3-15/h7,11,13,15H,2-6,8-10,12H2,1H3,(H,22,23). The largest absolute Gasteiger partial charge is 0.348 e. The summed E-state index contributed by atoms with van der Waals surface area (Å²) in [7, 11) is 0. The second-order valence-corrected chi connectivity index (χ2v) is 8.26. The number of nitrogens with zero attached hydrogens (tertiary/aromatic N) is 5. The van der Waals surface area contributed by atoms with Gasteiger partial charge in [0.2, 0.25) is 11.8 Å². The summed E-state index contributed by atoms with van der Waals surface area (Å²) in [6.45, 7) is 4.26. The van der Waals surface area contributed by atoms with Crippen molar-refractivity contribution >= 4 is 11.8 Å². The smallest absolute Gasteiger partial charge is 0.242 e. The van der Waals surface area contributed by atoms with Gasteiger partial charge in [0, 0.05) is 50.1 Å². The number of piperidine rings is 1. The first kappa shape index (κ1) is 17.5. The van der Waals surface area contributed by atoms with Crippen LogP contribution in [0, 0.1) is 12.8 Å². The highest BCUT2D eigenvalue weighted by molar-refractivity contribution is 5.82. The van der Waals surface area contributed by atoms with Crippen LogP contribution < -0.4 is 0 Å². The van der Waals surface area contributed by atoms with Crippen molar-refractivity contribution in [2.45, 2.75) is 51.1 Å². The molecule has 1 saturated heterocycles. The Balaban J connectivity index is 1.36. The summed E-state index contributed by atoms with van der Waals surface area (Å²) in [6.07, 6.45) is 9.65. The van der Waals surface area contributed by atoms with Crippen LogP contribution in [0.4, 0.5) is 0 Å². The van der Waals surface area contributed by atoms with Crippen LogP contribution in [0.1, 0.15) is 42.9 Å². The van der Waals surface area contributed by atoms with Crippen molar-refractivity contribution in [3.63, 3.8) is 0 Å². The molecule has 1 spiro atoms. The fourth-order valence-electron chi connectivity index (χ4n) is 4.80. The monoisotopic (exact) mass is 382 g/mol. The number of carbonyl (C=O) groups is 2. The number of carbonyl (C=O) groups excluding carboxylic acids is 2. The molecule has 148 valence electrons. The lowest BCUT2D eigenvalue weighted by Gasteiger charge is -2.50. The molecule has 0 aromatic carbocycles. The zero-order valence-corrected chi connectivity index (χ0v) is 16.2. The maximum atomic E-state index is 13.0. The third-order valence-electron chi connectivity index (χ3n) is 6.63. The Kier molecular flexibility index (Phi) is 4.03. The van der Waals surface area contributed by atoms with Crippen molar-refractivity contribution in [3.8, 4) is 0 Å². The van der Waals surface area contributed by atoms with Crippen molar-refractivity contribution in [2.75, 3.05) is 19.6 Å². The summed E-state index contributed by atoms with van der Waals surface area (Å²) in [5.41, 5.74) is 1.80. The maximum Gasteiger partial charge on any atom is 0.242 e. The number of hydrogen-bond donors (Lipinski definition) is 1. The lowest BCUT2D eigenvalue weighted by atomic mass is 9.78. The van der Waals surface area contributed by atoms with Gasteiger partial charge >= 0.3 is 0 Å². The molecule has 0 bridgehead atoms. The van der Waals surface area contributed by atoms with Gasteiger partial charge in [-0.25, -0.2) is 9.97 Å². The molecule has 0 radical (unpaired) electrons. The Morgan fingerprint density at radius 2 is 2.00 bits per heavy atom. The normalized spacial score (nSPS) is 21.0. The van der Waals surface area contributed by atoms with Gasteiger partial charge in [0.25, 0.3) is 0 Å². The van der Waals surface area contributed by atoms with Crippen molar-refractivity contribution in [1.82, 2.24) is 29.3 Å². The van der Waals surface area contributed by atoms with Gasteiger partial charge in [-0.1, -0.05) is 0 Å². The first-order valence-electron chi connectivity index (χ1n) is 10.2. The predicted octanol–water partition coefficient (Wildman–Crippen LogP) is 1.23. The fraction of sp³-hybridized carbons (Fsp3) is 0.600. The van der Waals surface area contributed by atoms with Gasteiger partial charge in [-0.3, -0.25) is 9.59 Å². The number of amides is 2. The van der Waals surface area contributed by atoms with Gasteiger partial charge in [0.05, 0.1) is 17.6 Å². The number of aromatic amines is 1. The lowest BCUT2D eigenvalue weighted by molar-refractivity contribution is -0.145. The van der Waals surface area contributed by atoms with Crippen molar-refractivity contribution in [3.05, 3.63) is 35.9 Å². The molecule has 8 nitrogen and oxygen atoms in total. The van der Waals surface area contributed by atoms with Gasteiger partial charge in [-0.2, -0.15) is 0 Å². The third kappa shape index (κ3) is 2.73. The molecule has 5 rings (SSSR count). The molecule has 28 heavy (non-hydrogen) atoms. The molecule has 2 fully saturated rings. The van der Waals surface area contributed by atoms with Gasteiger partial charge in [0.1, 0.15) is 12.4 Å². The first-order valence-corrected chi connectivity index (χ1v) is 10.2.